The minimum absolute atomic E-state index is 0.306. The number of rotatable bonds is 3. The summed E-state index contributed by atoms with van der Waals surface area (Å²) in [5, 5.41) is 19.0. The summed E-state index contributed by atoms with van der Waals surface area (Å²) in [6, 6.07) is 8.31. The Morgan fingerprint density at radius 1 is 1.19 bits per heavy atom. The van der Waals surface area contributed by atoms with Crippen molar-refractivity contribution in [2.75, 3.05) is 12.9 Å². The number of sulfonamides is 1. The van der Waals surface area contributed by atoms with Crippen LogP contribution in [0.5, 0.6) is 0 Å². The van der Waals surface area contributed by atoms with Crippen LogP contribution < -0.4 is 0 Å². The van der Waals surface area contributed by atoms with E-state index in [0.29, 0.717) is 5.92 Å². The van der Waals surface area contributed by atoms with Crippen molar-refractivity contribution in [1.29, 1.82) is 5.26 Å². The number of nitriles is 1. The summed E-state index contributed by atoms with van der Waals surface area (Å²) in [5.41, 5.74) is 1.78. The van der Waals surface area contributed by atoms with Gasteiger partial charge >= 0.3 is 0 Å². The fourth-order valence-corrected chi connectivity index (χ4v) is 5.32. The molecule has 138 valence electrons. The molecule has 2 aliphatic rings. The van der Waals surface area contributed by atoms with Gasteiger partial charge in [-0.05, 0) is 30.5 Å². The van der Waals surface area contributed by atoms with Gasteiger partial charge < -0.3 is 5.11 Å². The number of aliphatic hydroxyl groups excluding tert-OH is 1. The van der Waals surface area contributed by atoms with Gasteiger partial charge in [-0.1, -0.05) is 43.2 Å². The first kappa shape index (κ1) is 18.9. The molecule has 2 fully saturated rings. The molecule has 0 aromatic heterocycles. The van der Waals surface area contributed by atoms with Gasteiger partial charge in [0.25, 0.3) is 0 Å². The standard InChI is InChI=1S/C20H24N2O3S/c1-26(24,25)22-18(13-21)20(19(22)14-23)17-11-9-16(10-12-17)8-7-15-5-3-2-4-6-15/h9-12,15,18-20,23H,2-6,14H2,1H3/t18-,19+,20+/m1/s1. The van der Waals surface area contributed by atoms with Crippen LogP contribution in [0.1, 0.15) is 49.1 Å². The molecular formula is C20H24N2O3S. The Labute approximate surface area is 155 Å². The van der Waals surface area contributed by atoms with Crippen LogP contribution in [-0.4, -0.2) is 42.8 Å². The minimum atomic E-state index is -3.53. The number of aliphatic hydroxyl groups is 1. The molecule has 1 aliphatic heterocycles. The van der Waals surface area contributed by atoms with Crippen LogP contribution >= 0.6 is 0 Å². The van der Waals surface area contributed by atoms with Crippen LogP contribution in [0.2, 0.25) is 0 Å². The fraction of sp³-hybridized carbons (Fsp3) is 0.550. The highest BCUT2D eigenvalue weighted by molar-refractivity contribution is 7.88. The Hall–Kier alpha value is -1.86. The van der Waals surface area contributed by atoms with Crippen molar-refractivity contribution in [2.24, 2.45) is 5.92 Å². The lowest BCUT2D eigenvalue weighted by atomic mass is 9.78. The van der Waals surface area contributed by atoms with Crippen molar-refractivity contribution in [2.45, 2.75) is 50.1 Å². The van der Waals surface area contributed by atoms with Gasteiger partial charge in [0.05, 0.1) is 25.0 Å². The van der Waals surface area contributed by atoms with E-state index in [1.807, 2.05) is 24.3 Å². The van der Waals surface area contributed by atoms with E-state index in [0.717, 1.165) is 21.7 Å². The predicted molar refractivity (Wildman–Crippen MR) is 99.6 cm³/mol. The Bertz CT molecular complexity index is 840. The van der Waals surface area contributed by atoms with Crippen molar-refractivity contribution in [3.8, 4) is 17.9 Å². The van der Waals surface area contributed by atoms with Gasteiger partial charge in [0.1, 0.15) is 6.04 Å². The molecule has 0 unspecified atom stereocenters. The molecule has 1 aromatic rings. The lowest BCUT2D eigenvalue weighted by Crippen LogP contribution is -2.64. The molecule has 3 atom stereocenters. The molecular weight excluding hydrogens is 348 g/mol. The van der Waals surface area contributed by atoms with Gasteiger partial charge in [-0.15, -0.1) is 0 Å². The molecule has 1 heterocycles. The Morgan fingerprint density at radius 2 is 1.85 bits per heavy atom. The SMILES string of the molecule is CS(=O)(=O)N1[C@H](C#N)[C@H](c2ccc(C#CC3CCCCC3)cc2)[C@@H]1CO. The molecule has 26 heavy (non-hydrogen) atoms. The van der Waals surface area contributed by atoms with Crippen LogP contribution in [0.15, 0.2) is 24.3 Å². The smallest absolute Gasteiger partial charge is 0.212 e. The zero-order valence-electron chi connectivity index (χ0n) is 14.9. The van der Waals surface area contributed by atoms with Gasteiger partial charge in [0.15, 0.2) is 0 Å². The molecule has 1 aliphatic carbocycles. The van der Waals surface area contributed by atoms with Gasteiger partial charge in [0, 0.05) is 17.4 Å². The van der Waals surface area contributed by atoms with Crippen molar-refractivity contribution in [3.05, 3.63) is 35.4 Å². The number of nitrogens with zero attached hydrogens (tertiary/aromatic N) is 2. The van der Waals surface area contributed by atoms with Crippen molar-refractivity contribution >= 4 is 10.0 Å². The summed E-state index contributed by atoms with van der Waals surface area (Å²) in [6.07, 6.45) is 7.25. The Morgan fingerprint density at radius 3 is 2.38 bits per heavy atom. The molecule has 1 aromatic carbocycles. The summed E-state index contributed by atoms with van der Waals surface area (Å²) >= 11 is 0. The quantitative estimate of drug-likeness (QED) is 0.825. The van der Waals surface area contributed by atoms with Crippen molar-refractivity contribution < 1.29 is 13.5 Å². The van der Waals surface area contributed by atoms with E-state index in [1.165, 1.54) is 32.1 Å². The first-order valence-electron chi connectivity index (χ1n) is 9.06. The van der Waals surface area contributed by atoms with Crippen LogP contribution in [0.3, 0.4) is 0 Å². The van der Waals surface area contributed by atoms with E-state index in [1.54, 1.807) is 0 Å². The number of hydrogen-bond acceptors (Lipinski definition) is 4. The molecule has 1 saturated heterocycles. The van der Waals surface area contributed by atoms with Crippen molar-refractivity contribution in [1.82, 2.24) is 4.31 Å². The average Bonchev–Trinajstić information content (AvgIpc) is 2.60. The molecule has 0 spiro atoms. The van der Waals surface area contributed by atoms with E-state index in [4.69, 9.17) is 0 Å². The molecule has 3 rings (SSSR count). The van der Waals surface area contributed by atoms with Crippen LogP contribution in [0.4, 0.5) is 0 Å². The largest absolute Gasteiger partial charge is 0.395 e. The first-order chi connectivity index (χ1) is 12.5. The zero-order valence-corrected chi connectivity index (χ0v) is 15.7. The minimum Gasteiger partial charge on any atom is -0.395 e. The van der Waals surface area contributed by atoms with E-state index in [9.17, 15) is 18.8 Å². The highest BCUT2D eigenvalue weighted by Crippen LogP contribution is 2.41. The average molecular weight is 372 g/mol. The molecule has 0 bridgehead atoms. The Balaban J connectivity index is 1.76. The van der Waals surface area contributed by atoms with Crippen LogP contribution in [0, 0.1) is 29.1 Å². The van der Waals surface area contributed by atoms with Crippen molar-refractivity contribution in [3.63, 3.8) is 0 Å². The summed E-state index contributed by atoms with van der Waals surface area (Å²) < 4.78 is 24.8. The fourth-order valence-electron chi connectivity index (χ4n) is 4.04. The predicted octanol–water partition coefficient (Wildman–Crippen LogP) is 2.23. The number of hydrogen-bond donors (Lipinski definition) is 1. The maximum atomic E-state index is 11.9. The second kappa shape index (κ2) is 7.80. The zero-order chi connectivity index (χ0) is 18.7. The summed E-state index contributed by atoms with van der Waals surface area (Å²) in [7, 11) is -3.53. The Kier molecular flexibility index (Phi) is 5.67. The van der Waals surface area contributed by atoms with Gasteiger partial charge in [-0.3, -0.25) is 0 Å². The molecule has 6 heteroatoms. The second-order valence-corrected chi connectivity index (χ2v) is 9.06. The topological polar surface area (TPSA) is 81.4 Å². The maximum absolute atomic E-state index is 11.9. The van der Waals surface area contributed by atoms with Crippen LogP contribution in [-0.2, 0) is 10.0 Å². The second-order valence-electron chi connectivity index (χ2n) is 7.17. The third kappa shape index (κ3) is 3.78. The summed E-state index contributed by atoms with van der Waals surface area (Å²) in [5.74, 6) is 6.75. The van der Waals surface area contributed by atoms with E-state index < -0.39 is 22.1 Å². The van der Waals surface area contributed by atoms with E-state index in [-0.39, 0.29) is 12.5 Å². The maximum Gasteiger partial charge on any atom is 0.212 e. The van der Waals surface area contributed by atoms with Gasteiger partial charge in [-0.2, -0.15) is 9.57 Å². The summed E-state index contributed by atoms with van der Waals surface area (Å²) in [6.45, 7) is -0.306. The third-order valence-electron chi connectivity index (χ3n) is 5.38. The molecule has 0 amide bonds. The lowest BCUT2D eigenvalue weighted by Gasteiger charge is -2.49. The normalized spacial score (nSPS) is 27.0. The lowest BCUT2D eigenvalue weighted by molar-refractivity contribution is 0.0564. The van der Waals surface area contributed by atoms with Crippen LogP contribution in [0.25, 0.3) is 0 Å². The third-order valence-corrected chi connectivity index (χ3v) is 6.64. The highest BCUT2D eigenvalue weighted by Gasteiger charge is 2.53. The molecule has 5 nitrogen and oxygen atoms in total. The first-order valence-corrected chi connectivity index (χ1v) is 10.9. The highest BCUT2D eigenvalue weighted by atomic mass is 32.2. The van der Waals surface area contributed by atoms with Gasteiger partial charge in [0.2, 0.25) is 10.0 Å². The van der Waals surface area contributed by atoms with E-state index in [2.05, 4.69) is 17.9 Å². The molecule has 1 N–H and O–H groups in total. The molecule has 0 radical (unpaired) electrons. The van der Waals surface area contributed by atoms with Gasteiger partial charge in [-0.25, -0.2) is 8.42 Å². The number of benzene rings is 1. The summed E-state index contributed by atoms with van der Waals surface area (Å²) in [4.78, 5) is 0. The monoisotopic (exact) mass is 372 g/mol. The van der Waals surface area contributed by atoms with E-state index >= 15 is 0 Å². The molecule has 1 saturated carbocycles.